The molecule has 1 aliphatic rings. The number of carbonyl (C=O) groups excluding carboxylic acids is 2. The lowest BCUT2D eigenvalue weighted by Gasteiger charge is -2.15. The summed E-state index contributed by atoms with van der Waals surface area (Å²) in [5, 5.41) is 0. The molecule has 0 radical (unpaired) electrons. The zero-order valence-corrected chi connectivity index (χ0v) is 11.2. The van der Waals surface area contributed by atoms with Crippen LogP contribution < -0.4 is 16.2 Å². The molecule has 0 spiro atoms. The van der Waals surface area contributed by atoms with E-state index in [1.165, 1.54) is 0 Å². The van der Waals surface area contributed by atoms with Gasteiger partial charge in [0, 0.05) is 24.7 Å². The van der Waals surface area contributed by atoms with Crippen molar-refractivity contribution in [3.63, 3.8) is 0 Å². The van der Waals surface area contributed by atoms with Crippen LogP contribution in [0.15, 0.2) is 24.3 Å². The highest BCUT2D eigenvalue weighted by atomic mass is 16.5. The summed E-state index contributed by atoms with van der Waals surface area (Å²) in [4.78, 5) is 24.5. The zero-order valence-electron chi connectivity index (χ0n) is 11.2. The largest absolute Gasteiger partial charge is 0.493 e. The highest BCUT2D eigenvalue weighted by Gasteiger charge is 2.23. The van der Waals surface area contributed by atoms with E-state index in [9.17, 15) is 9.59 Å². The first-order valence-corrected chi connectivity index (χ1v) is 6.62. The van der Waals surface area contributed by atoms with E-state index in [1.807, 2.05) is 0 Å². The number of rotatable bonds is 5. The highest BCUT2D eigenvalue weighted by molar-refractivity contribution is 5.92. The lowest BCUT2D eigenvalue weighted by Crippen LogP contribution is -2.32. The SMILES string of the molecule is NC(=O)c1ccc(OCCC(=O)N2CCC(N)C2)cc1. The standard InChI is InChI=1S/C14H19N3O3/c15-11-5-7-17(9-11)13(18)6-8-20-12-3-1-10(2-4-12)14(16)19/h1-4,11H,5-9,15H2,(H2,16,19). The summed E-state index contributed by atoms with van der Waals surface area (Å²) < 4.78 is 5.47. The van der Waals surface area contributed by atoms with E-state index in [-0.39, 0.29) is 11.9 Å². The molecule has 1 heterocycles. The molecule has 108 valence electrons. The minimum atomic E-state index is -0.475. The van der Waals surface area contributed by atoms with E-state index in [1.54, 1.807) is 29.2 Å². The Morgan fingerprint density at radius 3 is 2.55 bits per heavy atom. The molecule has 2 amide bonds. The monoisotopic (exact) mass is 277 g/mol. The van der Waals surface area contributed by atoms with Gasteiger partial charge in [0.05, 0.1) is 13.0 Å². The third kappa shape index (κ3) is 3.71. The Morgan fingerprint density at radius 1 is 1.30 bits per heavy atom. The van der Waals surface area contributed by atoms with Gasteiger partial charge in [0.1, 0.15) is 5.75 Å². The maximum atomic E-state index is 11.9. The average Bonchev–Trinajstić information content (AvgIpc) is 2.86. The summed E-state index contributed by atoms with van der Waals surface area (Å²) in [5.74, 6) is 0.199. The Kier molecular flexibility index (Phi) is 4.57. The van der Waals surface area contributed by atoms with E-state index < -0.39 is 5.91 Å². The molecular formula is C14H19N3O3. The Labute approximate surface area is 117 Å². The first-order chi connectivity index (χ1) is 9.56. The first kappa shape index (κ1) is 14.3. The molecule has 1 aromatic rings. The number of carbonyl (C=O) groups is 2. The molecule has 0 aromatic heterocycles. The van der Waals surface area contributed by atoms with Gasteiger partial charge < -0.3 is 21.1 Å². The average molecular weight is 277 g/mol. The fourth-order valence-corrected chi connectivity index (χ4v) is 2.14. The van der Waals surface area contributed by atoms with E-state index in [2.05, 4.69) is 0 Å². The van der Waals surface area contributed by atoms with Gasteiger partial charge in [-0.1, -0.05) is 0 Å². The van der Waals surface area contributed by atoms with Crippen molar-refractivity contribution in [1.82, 2.24) is 4.90 Å². The van der Waals surface area contributed by atoms with Crippen molar-refractivity contribution in [3.8, 4) is 5.75 Å². The van der Waals surface area contributed by atoms with E-state index in [0.29, 0.717) is 30.9 Å². The van der Waals surface area contributed by atoms with Crippen molar-refractivity contribution in [2.45, 2.75) is 18.9 Å². The van der Waals surface area contributed by atoms with Crippen LogP contribution in [0.2, 0.25) is 0 Å². The second-order valence-corrected chi connectivity index (χ2v) is 4.88. The van der Waals surface area contributed by atoms with Gasteiger partial charge in [-0.3, -0.25) is 9.59 Å². The molecule has 1 aromatic carbocycles. The zero-order chi connectivity index (χ0) is 14.5. The summed E-state index contributed by atoms with van der Waals surface area (Å²) in [6, 6.07) is 6.62. The minimum Gasteiger partial charge on any atom is -0.493 e. The second kappa shape index (κ2) is 6.38. The molecule has 6 heteroatoms. The summed E-state index contributed by atoms with van der Waals surface area (Å²) in [5.41, 5.74) is 11.3. The van der Waals surface area contributed by atoms with Crippen molar-refractivity contribution < 1.29 is 14.3 Å². The third-order valence-electron chi connectivity index (χ3n) is 3.30. The Balaban J connectivity index is 1.75. The van der Waals surface area contributed by atoms with Crippen LogP contribution in [-0.2, 0) is 4.79 Å². The van der Waals surface area contributed by atoms with E-state index >= 15 is 0 Å². The topological polar surface area (TPSA) is 98.7 Å². The summed E-state index contributed by atoms with van der Waals surface area (Å²) in [6.07, 6.45) is 1.19. The van der Waals surface area contributed by atoms with Gasteiger partial charge in [-0.15, -0.1) is 0 Å². The van der Waals surface area contributed by atoms with E-state index in [4.69, 9.17) is 16.2 Å². The van der Waals surface area contributed by atoms with Crippen LogP contribution in [0.3, 0.4) is 0 Å². The summed E-state index contributed by atoms with van der Waals surface area (Å²) in [7, 11) is 0. The summed E-state index contributed by atoms with van der Waals surface area (Å²) >= 11 is 0. The lowest BCUT2D eigenvalue weighted by atomic mass is 10.2. The van der Waals surface area contributed by atoms with Crippen molar-refractivity contribution in [3.05, 3.63) is 29.8 Å². The molecule has 0 bridgehead atoms. The van der Waals surface area contributed by atoms with Crippen LogP contribution in [-0.4, -0.2) is 42.5 Å². The normalized spacial score (nSPS) is 18.1. The fraction of sp³-hybridized carbons (Fsp3) is 0.429. The van der Waals surface area contributed by atoms with Crippen LogP contribution in [0.5, 0.6) is 5.75 Å². The van der Waals surface area contributed by atoms with Crippen molar-refractivity contribution in [2.75, 3.05) is 19.7 Å². The Hall–Kier alpha value is -2.08. The fourth-order valence-electron chi connectivity index (χ4n) is 2.14. The number of likely N-dealkylation sites (tertiary alicyclic amines) is 1. The predicted octanol–water partition coefficient (Wildman–Crippen LogP) is 0.114. The smallest absolute Gasteiger partial charge is 0.248 e. The number of ether oxygens (including phenoxy) is 1. The number of nitrogens with zero attached hydrogens (tertiary/aromatic N) is 1. The van der Waals surface area contributed by atoms with Crippen LogP contribution in [0, 0.1) is 0 Å². The Morgan fingerprint density at radius 2 is 2.00 bits per heavy atom. The van der Waals surface area contributed by atoms with Crippen LogP contribution >= 0.6 is 0 Å². The lowest BCUT2D eigenvalue weighted by molar-refractivity contribution is -0.130. The molecule has 4 N–H and O–H groups in total. The Bertz CT molecular complexity index is 487. The van der Waals surface area contributed by atoms with Gasteiger partial charge in [-0.05, 0) is 30.7 Å². The van der Waals surface area contributed by atoms with Gasteiger partial charge in [0.15, 0.2) is 0 Å². The quantitative estimate of drug-likeness (QED) is 0.798. The van der Waals surface area contributed by atoms with Gasteiger partial charge >= 0.3 is 0 Å². The van der Waals surface area contributed by atoms with Gasteiger partial charge in [0.2, 0.25) is 11.8 Å². The molecule has 1 unspecified atom stereocenters. The molecule has 1 aliphatic heterocycles. The number of nitrogens with two attached hydrogens (primary N) is 2. The van der Waals surface area contributed by atoms with E-state index in [0.717, 1.165) is 13.0 Å². The molecule has 20 heavy (non-hydrogen) atoms. The molecular weight excluding hydrogens is 258 g/mol. The minimum absolute atomic E-state index is 0.0618. The number of primary amides is 1. The molecule has 1 atom stereocenters. The molecule has 2 rings (SSSR count). The van der Waals surface area contributed by atoms with Crippen LogP contribution in [0.1, 0.15) is 23.2 Å². The predicted molar refractivity (Wildman–Crippen MR) is 74.2 cm³/mol. The van der Waals surface area contributed by atoms with Gasteiger partial charge in [0.25, 0.3) is 0 Å². The van der Waals surface area contributed by atoms with Crippen LogP contribution in [0.25, 0.3) is 0 Å². The number of benzene rings is 1. The molecule has 0 saturated carbocycles. The molecule has 0 aliphatic carbocycles. The van der Waals surface area contributed by atoms with Crippen LogP contribution in [0.4, 0.5) is 0 Å². The van der Waals surface area contributed by atoms with Crippen molar-refractivity contribution in [2.24, 2.45) is 11.5 Å². The van der Waals surface area contributed by atoms with Gasteiger partial charge in [-0.2, -0.15) is 0 Å². The molecule has 1 saturated heterocycles. The molecule has 6 nitrogen and oxygen atoms in total. The highest BCUT2D eigenvalue weighted by Crippen LogP contribution is 2.13. The number of hydrogen-bond donors (Lipinski definition) is 2. The first-order valence-electron chi connectivity index (χ1n) is 6.62. The van der Waals surface area contributed by atoms with Crippen molar-refractivity contribution >= 4 is 11.8 Å². The van der Waals surface area contributed by atoms with Crippen molar-refractivity contribution in [1.29, 1.82) is 0 Å². The maximum absolute atomic E-state index is 11.9. The molecule has 1 fully saturated rings. The number of hydrogen-bond acceptors (Lipinski definition) is 4. The van der Waals surface area contributed by atoms with Gasteiger partial charge in [-0.25, -0.2) is 0 Å². The second-order valence-electron chi connectivity index (χ2n) is 4.88. The maximum Gasteiger partial charge on any atom is 0.248 e. The third-order valence-corrected chi connectivity index (χ3v) is 3.30. The summed E-state index contributed by atoms with van der Waals surface area (Å²) in [6.45, 7) is 1.67. The number of amides is 2.